The topological polar surface area (TPSA) is 86.8 Å². The molecule has 0 saturated carbocycles. The van der Waals surface area contributed by atoms with Crippen LogP contribution in [0.25, 0.3) is 0 Å². The van der Waals surface area contributed by atoms with Gasteiger partial charge in [-0.3, -0.25) is 13.9 Å². The van der Waals surface area contributed by atoms with Gasteiger partial charge in [0.1, 0.15) is 12.6 Å². The summed E-state index contributed by atoms with van der Waals surface area (Å²) < 4.78 is 29.0. The lowest BCUT2D eigenvalue weighted by atomic mass is 10.0. The molecule has 0 fully saturated rings. The first-order valence-corrected chi connectivity index (χ1v) is 16.0. The monoisotopic (exact) mass is 637 g/mol. The molecule has 0 aliphatic rings. The molecule has 1 N–H and O–H groups in total. The number of nitrogens with zero attached hydrogens (tertiary/aromatic N) is 2. The Morgan fingerprint density at radius 2 is 1.33 bits per heavy atom. The van der Waals surface area contributed by atoms with Crippen molar-refractivity contribution < 1.29 is 18.0 Å². The average Bonchev–Trinajstić information content (AvgIpc) is 3.00. The van der Waals surface area contributed by atoms with Gasteiger partial charge >= 0.3 is 0 Å². The number of benzene rings is 4. The molecule has 4 aromatic carbocycles. The van der Waals surface area contributed by atoms with Crippen molar-refractivity contribution in [1.82, 2.24) is 10.2 Å². The molecule has 7 nitrogen and oxygen atoms in total. The highest BCUT2D eigenvalue weighted by Crippen LogP contribution is 2.35. The average molecular weight is 639 g/mol. The Bertz CT molecular complexity index is 1640. The van der Waals surface area contributed by atoms with Gasteiger partial charge < -0.3 is 10.2 Å². The number of halogens is 2. The maximum absolute atomic E-state index is 14.4. The van der Waals surface area contributed by atoms with Crippen LogP contribution in [0.4, 0.5) is 5.69 Å². The van der Waals surface area contributed by atoms with Gasteiger partial charge in [0, 0.05) is 19.0 Å². The van der Waals surface area contributed by atoms with E-state index in [9.17, 15) is 18.0 Å². The number of carbonyl (C=O) groups excluding carboxylic acids is 2. The first-order valence-electron chi connectivity index (χ1n) is 13.8. The molecule has 0 aliphatic heterocycles. The van der Waals surface area contributed by atoms with Gasteiger partial charge in [-0.25, -0.2) is 8.42 Å². The van der Waals surface area contributed by atoms with Crippen LogP contribution in [0.5, 0.6) is 0 Å². The molecule has 0 spiro atoms. The molecule has 0 heterocycles. The van der Waals surface area contributed by atoms with Gasteiger partial charge in [0.2, 0.25) is 11.8 Å². The van der Waals surface area contributed by atoms with Crippen molar-refractivity contribution in [2.75, 3.05) is 10.8 Å². The minimum absolute atomic E-state index is 0.00975. The Labute approximate surface area is 263 Å². The van der Waals surface area contributed by atoms with Crippen molar-refractivity contribution in [2.24, 2.45) is 0 Å². The highest BCUT2D eigenvalue weighted by molar-refractivity contribution is 7.92. The Hall–Kier alpha value is -3.85. The molecular formula is C33H33Cl2N3O4S. The van der Waals surface area contributed by atoms with E-state index in [4.69, 9.17) is 23.2 Å². The summed E-state index contributed by atoms with van der Waals surface area (Å²) in [6.07, 6.45) is 0.224. The fourth-order valence-electron chi connectivity index (χ4n) is 4.63. The number of hydrogen-bond donors (Lipinski definition) is 1. The highest BCUT2D eigenvalue weighted by Gasteiger charge is 2.35. The maximum atomic E-state index is 14.4. The van der Waals surface area contributed by atoms with Crippen LogP contribution >= 0.6 is 23.2 Å². The number of hydrogen-bond acceptors (Lipinski definition) is 4. The molecule has 4 rings (SSSR count). The van der Waals surface area contributed by atoms with Crippen LogP contribution in [-0.4, -0.2) is 43.8 Å². The second-order valence-electron chi connectivity index (χ2n) is 10.3. The van der Waals surface area contributed by atoms with E-state index in [1.54, 1.807) is 24.3 Å². The first-order chi connectivity index (χ1) is 20.6. The molecule has 0 bridgehead atoms. The smallest absolute Gasteiger partial charge is 0.264 e. The van der Waals surface area contributed by atoms with E-state index >= 15 is 0 Å². The minimum Gasteiger partial charge on any atom is -0.352 e. The Kier molecular flexibility index (Phi) is 10.9. The van der Waals surface area contributed by atoms with E-state index in [2.05, 4.69) is 5.32 Å². The van der Waals surface area contributed by atoms with Crippen molar-refractivity contribution in [3.63, 3.8) is 0 Å². The lowest BCUT2D eigenvalue weighted by Crippen LogP contribution is -2.54. The number of nitrogens with one attached hydrogen (secondary N) is 1. The van der Waals surface area contributed by atoms with E-state index in [0.29, 0.717) is 0 Å². The van der Waals surface area contributed by atoms with E-state index < -0.39 is 28.5 Å². The van der Waals surface area contributed by atoms with Gasteiger partial charge in [-0.15, -0.1) is 0 Å². The second kappa shape index (κ2) is 14.6. The third-order valence-corrected chi connectivity index (χ3v) is 9.29. The summed E-state index contributed by atoms with van der Waals surface area (Å²) in [7, 11) is -4.28. The Morgan fingerprint density at radius 3 is 1.91 bits per heavy atom. The quantitative estimate of drug-likeness (QED) is 0.196. The molecule has 1 atom stereocenters. The summed E-state index contributed by atoms with van der Waals surface area (Å²) in [5, 5.41) is 3.07. The fraction of sp³-hybridized carbons (Fsp3) is 0.212. The van der Waals surface area contributed by atoms with Crippen LogP contribution < -0.4 is 9.62 Å². The van der Waals surface area contributed by atoms with E-state index in [-0.39, 0.29) is 45.5 Å². The molecule has 224 valence electrons. The van der Waals surface area contributed by atoms with Gasteiger partial charge in [0.05, 0.1) is 20.6 Å². The Balaban J connectivity index is 1.82. The van der Waals surface area contributed by atoms with Gasteiger partial charge in [-0.2, -0.15) is 0 Å². The molecule has 43 heavy (non-hydrogen) atoms. The SMILES string of the molecule is CC(C)NC(=O)[C@@H](Cc1ccccc1)N(Cc1ccccc1)C(=O)CN(c1cccc(Cl)c1Cl)S(=O)(=O)c1ccccc1. The zero-order chi connectivity index (χ0) is 31.0. The molecule has 10 heteroatoms. The number of anilines is 1. The first kappa shape index (κ1) is 32.1. The zero-order valence-corrected chi connectivity index (χ0v) is 26.2. The van der Waals surface area contributed by atoms with Crippen molar-refractivity contribution in [3.8, 4) is 0 Å². The van der Waals surface area contributed by atoms with Crippen LogP contribution in [0.15, 0.2) is 114 Å². The van der Waals surface area contributed by atoms with Crippen LogP contribution in [0, 0.1) is 0 Å². The largest absolute Gasteiger partial charge is 0.352 e. The van der Waals surface area contributed by atoms with Crippen molar-refractivity contribution in [2.45, 2.75) is 43.8 Å². The number of sulfonamides is 1. The lowest BCUT2D eigenvalue weighted by Gasteiger charge is -2.34. The molecule has 0 saturated heterocycles. The lowest BCUT2D eigenvalue weighted by molar-refractivity contribution is -0.140. The highest BCUT2D eigenvalue weighted by atomic mass is 35.5. The van der Waals surface area contributed by atoms with Crippen LogP contribution in [0.3, 0.4) is 0 Å². The number of amides is 2. The summed E-state index contributed by atoms with van der Waals surface area (Å²) in [6.45, 7) is 3.14. The zero-order valence-electron chi connectivity index (χ0n) is 23.9. The normalized spacial score (nSPS) is 12.0. The third kappa shape index (κ3) is 8.16. The van der Waals surface area contributed by atoms with Gasteiger partial charge in [0.25, 0.3) is 10.0 Å². The van der Waals surface area contributed by atoms with Crippen LogP contribution in [-0.2, 0) is 32.6 Å². The number of carbonyl (C=O) groups is 2. The second-order valence-corrected chi connectivity index (χ2v) is 12.9. The maximum Gasteiger partial charge on any atom is 0.264 e. The van der Waals surface area contributed by atoms with E-state index in [0.717, 1.165) is 15.4 Å². The summed E-state index contributed by atoms with van der Waals surface area (Å²) in [4.78, 5) is 29.5. The number of rotatable bonds is 12. The predicted octanol–water partition coefficient (Wildman–Crippen LogP) is 6.35. The Morgan fingerprint density at radius 1 is 0.767 bits per heavy atom. The summed E-state index contributed by atoms with van der Waals surface area (Å²) in [6, 6.07) is 29.9. The molecule has 0 unspecified atom stereocenters. The van der Waals surface area contributed by atoms with Crippen molar-refractivity contribution >= 4 is 50.7 Å². The summed E-state index contributed by atoms with van der Waals surface area (Å²) >= 11 is 12.8. The standard InChI is InChI=1S/C33H33Cl2N3O4S/c1-24(2)36-33(40)30(21-25-13-6-3-7-14-25)37(22-26-15-8-4-9-16-26)31(39)23-38(29-20-12-19-28(34)32(29)35)43(41,42)27-17-10-5-11-18-27/h3-20,24,30H,21-23H2,1-2H3,(H,36,40)/t30-/m1/s1. The molecular weight excluding hydrogens is 605 g/mol. The van der Waals surface area contributed by atoms with E-state index in [1.807, 2.05) is 74.5 Å². The molecule has 0 aliphatic carbocycles. The summed E-state index contributed by atoms with van der Waals surface area (Å²) in [5.74, 6) is -0.930. The van der Waals surface area contributed by atoms with Gasteiger partial charge in [-0.05, 0) is 49.2 Å². The van der Waals surface area contributed by atoms with Crippen LogP contribution in [0.1, 0.15) is 25.0 Å². The van der Waals surface area contributed by atoms with Crippen molar-refractivity contribution in [3.05, 3.63) is 130 Å². The molecule has 2 amide bonds. The molecule has 4 aromatic rings. The minimum atomic E-state index is -4.28. The van der Waals surface area contributed by atoms with Crippen LogP contribution in [0.2, 0.25) is 10.0 Å². The van der Waals surface area contributed by atoms with Gasteiger partial charge in [-0.1, -0.05) is 108 Å². The fourth-order valence-corrected chi connectivity index (χ4v) is 6.53. The van der Waals surface area contributed by atoms with Crippen molar-refractivity contribution in [1.29, 1.82) is 0 Å². The third-order valence-electron chi connectivity index (χ3n) is 6.71. The molecule has 0 aromatic heterocycles. The van der Waals surface area contributed by atoms with E-state index in [1.165, 1.54) is 29.2 Å². The predicted molar refractivity (Wildman–Crippen MR) is 172 cm³/mol. The summed E-state index contributed by atoms with van der Waals surface area (Å²) in [5.41, 5.74) is 1.69. The van der Waals surface area contributed by atoms with Gasteiger partial charge in [0.15, 0.2) is 0 Å². The molecule has 0 radical (unpaired) electrons.